The van der Waals surface area contributed by atoms with Crippen molar-refractivity contribution in [2.45, 2.75) is 77.2 Å². The Bertz CT molecular complexity index is 555. The molecule has 0 aliphatic carbocycles. The van der Waals surface area contributed by atoms with E-state index >= 15 is 0 Å². The molecule has 1 aromatic carbocycles. The summed E-state index contributed by atoms with van der Waals surface area (Å²) < 4.78 is 39.1. The maximum absolute atomic E-state index is 13.0. The van der Waals surface area contributed by atoms with Gasteiger partial charge < -0.3 is 0 Å². The summed E-state index contributed by atoms with van der Waals surface area (Å²) in [7, 11) is -2.01. The van der Waals surface area contributed by atoms with Crippen molar-refractivity contribution in [3.8, 4) is 11.5 Å². The van der Waals surface area contributed by atoms with Crippen LogP contribution in [0.25, 0.3) is 0 Å². The smallest absolute Gasteiger partial charge is 0.171 e. The summed E-state index contributed by atoms with van der Waals surface area (Å²) in [6.07, 6.45) is -4.67. The van der Waals surface area contributed by atoms with Crippen molar-refractivity contribution >= 4 is 8.07 Å². The van der Waals surface area contributed by atoms with Gasteiger partial charge in [0.1, 0.15) is 8.07 Å². The summed E-state index contributed by atoms with van der Waals surface area (Å²) in [4.78, 5) is 0. The molecule has 4 heteroatoms. The highest BCUT2D eigenvalue weighted by Crippen LogP contribution is 2.41. The maximum atomic E-state index is 13.0. The van der Waals surface area contributed by atoms with Crippen LogP contribution in [0.4, 0.5) is 13.2 Å². The SMILES string of the molecule is CC(C)[Si](C#CC(Cc1ccccc1)CC(F)(F)F)(C(C)C)C(C)C. The first-order chi connectivity index (χ1) is 11.5. The van der Waals surface area contributed by atoms with Crippen LogP contribution in [0.3, 0.4) is 0 Å². The molecular weight excluding hydrogens is 337 g/mol. The van der Waals surface area contributed by atoms with Crippen LogP contribution >= 0.6 is 0 Å². The van der Waals surface area contributed by atoms with Gasteiger partial charge in [-0.05, 0) is 28.6 Å². The van der Waals surface area contributed by atoms with E-state index < -0.39 is 26.6 Å². The number of hydrogen-bond acceptors (Lipinski definition) is 0. The summed E-state index contributed by atoms with van der Waals surface area (Å²) in [5.41, 5.74) is 5.64. The molecule has 0 bridgehead atoms. The second-order valence-electron chi connectivity index (χ2n) is 7.87. The number of alkyl halides is 3. The highest BCUT2D eigenvalue weighted by atomic mass is 28.3. The molecule has 25 heavy (non-hydrogen) atoms. The molecule has 0 N–H and O–H groups in total. The molecule has 1 aromatic rings. The van der Waals surface area contributed by atoms with Crippen molar-refractivity contribution in [3.05, 3.63) is 35.9 Å². The lowest BCUT2D eigenvalue weighted by atomic mass is 9.97. The Labute approximate surface area is 152 Å². The minimum atomic E-state index is -4.19. The van der Waals surface area contributed by atoms with Crippen LogP contribution in [0.5, 0.6) is 0 Å². The van der Waals surface area contributed by atoms with Crippen molar-refractivity contribution in [1.82, 2.24) is 0 Å². The first-order valence-corrected chi connectivity index (χ1v) is 11.4. The highest BCUT2D eigenvalue weighted by Gasteiger charge is 2.42. The maximum Gasteiger partial charge on any atom is 0.390 e. The minimum Gasteiger partial charge on any atom is -0.171 e. The standard InChI is InChI=1S/C21H31F3Si/c1-16(2)25(17(3)4,18(5)6)13-12-20(15-21(22,23)24)14-19-10-8-7-9-11-19/h7-11,16-18,20H,14-15H2,1-6H3. The normalized spacial score (nSPS) is 13.9. The van der Waals surface area contributed by atoms with Gasteiger partial charge in [0.05, 0.1) is 6.42 Å². The average molecular weight is 369 g/mol. The molecule has 0 amide bonds. The van der Waals surface area contributed by atoms with E-state index in [1.807, 2.05) is 30.3 Å². The van der Waals surface area contributed by atoms with Crippen LogP contribution in [0.15, 0.2) is 30.3 Å². The molecule has 0 aliphatic heterocycles. The Balaban J connectivity index is 3.21. The van der Waals surface area contributed by atoms with E-state index in [9.17, 15) is 13.2 Å². The first kappa shape index (κ1) is 21.8. The molecule has 140 valence electrons. The van der Waals surface area contributed by atoms with Gasteiger partial charge in [-0.1, -0.05) is 71.9 Å². The lowest BCUT2D eigenvalue weighted by Crippen LogP contribution is -2.43. The second-order valence-corrected chi connectivity index (χ2v) is 13.5. The van der Waals surface area contributed by atoms with Crippen molar-refractivity contribution in [3.63, 3.8) is 0 Å². The molecule has 0 saturated carbocycles. The van der Waals surface area contributed by atoms with Gasteiger partial charge in [-0.2, -0.15) is 13.2 Å². The molecule has 1 atom stereocenters. The first-order valence-electron chi connectivity index (χ1n) is 9.12. The van der Waals surface area contributed by atoms with Crippen molar-refractivity contribution in [1.29, 1.82) is 0 Å². The van der Waals surface area contributed by atoms with Gasteiger partial charge in [0, 0.05) is 5.92 Å². The fraction of sp³-hybridized carbons (Fsp3) is 0.619. The molecular formula is C21H31F3Si. The zero-order valence-electron chi connectivity index (χ0n) is 16.2. The fourth-order valence-corrected chi connectivity index (χ4v) is 9.33. The van der Waals surface area contributed by atoms with E-state index in [4.69, 9.17) is 0 Å². The number of halogens is 3. The third-order valence-electron chi connectivity index (χ3n) is 5.16. The van der Waals surface area contributed by atoms with Gasteiger partial charge in [-0.3, -0.25) is 0 Å². The van der Waals surface area contributed by atoms with Crippen LogP contribution in [-0.4, -0.2) is 14.3 Å². The summed E-state index contributed by atoms with van der Waals surface area (Å²) in [5, 5.41) is 0. The average Bonchev–Trinajstić information content (AvgIpc) is 2.46. The monoisotopic (exact) mass is 368 g/mol. The predicted octanol–water partition coefficient (Wildman–Crippen LogP) is 7.02. The molecule has 0 heterocycles. The van der Waals surface area contributed by atoms with Crippen LogP contribution in [0.2, 0.25) is 16.6 Å². The Hall–Kier alpha value is -1.21. The van der Waals surface area contributed by atoms with Gasteiger partial charge in [-0.25, -0.2) is 0 Å². The quantitative estimate of drug-likeness (QED) is 0.374. The Morgan fingerprint density at radius 1 is 0.880 bits per heavy atom. The Kier molecular flexibility index (Phi) is 7.80. The number of benzene rings is 1. The van der Waals surface area contributed by atoms with Gasteiger partial charge in [-0.15, -0.1) is 11.5 Å². The van der Waals surface area contributed by atoms with Crippen LogP contribution in [-0.2, 0) is 6.42 Å². The van der Waals surface area contributed by atoms with Crippen molar-refractivity contribution < 1.29 is 13.2 Å². The molecule has 1 unspecified atom stereocenters. The van der Waals surface area contributed by atoms with E-state index in [1.54, 1.807) is 0 Å². The van der Waals surface area contributed by atoms with Crippen LogP contribution in [0.1, 0.15) is 53.5 Å². The van der Waals surface area contributed by atoms with E-state index in [-0.39, 0.29) is 0 Å². The fourth-order valence-electron chi connectivity index (χ4n) is 4.01. The van der Waals surface area contributed by atoms with Crippen molar-refractivity contribution in [2.24, 2.45) is 5.92 Å². The van der Waals surface area contributed by atoms with E-state index in [2.05, 4.69) is 53.0 Å². The van der Waals surface area contributed by atoms with Gasteiger partial charge in [0.15, 0.2) is 0 Å². The topological polar surface area (TPSA) is 0 Å². The molecule has 0 fully saturated rings. The summed E-state index contributed by atoms with van der Waals surface area (Å²) in [6, 6.07) is 9.36. The Morgan fingerprint density at radius 2 is 1.36 bits per heavy atom. The zero-order chi connectivity index (χ0) is 19.3. The third kappa shape index (κ3) is 6.22. The van der Waals surface area contributed by atoms with E-state index in [0.29, 0.717) is 23.0 Å². The molecule has 0 spiro atoms. The highest BCUT2D eigenvalue weighted by molar-refractivity contribution is 6.90. The predicted molar refractivity (Wildman–Crippen MR) is 103 cm³/mol. The summed E-state index contributed by atoms with van der Waals surface area (Å²) >= 11 is 0. The zero-order valence-corrected chi connectivity index (χ0v) is 17.2. The molecule has 0 aliphatic rings. The van der Waals surface area contributed by atoms with Crippen LogP contribution in [0, 0.1) is 17.4 Å². The van der Waals surface area contributed by atoms with E-state index in [1.165, 1.54) is 0 Å². The van der Waals surface area contributed by atoms with Gasteiger partial charge in [0.25, 0.3) is 0 Å². The molecule has 0 radical (unpaired) electrons. The minimum absolute atomic E-state index is 0.353. The number of rotatable bonds is 6. The lowest BCUT2D eigenvalue weighted by molar-refractivity contribution is -0.140. The largest absolute Gasteiger partial charge is 0.390 e. The van der Waals surface area contributed by atoms with Crippen LogP contribution < -0.4 is 0 Å². The molecule has 0 aromatic heterocycles. The van der Waals surface area contributed by atoms with Crippen molar-refractivity contribution in [2.75, 3.05) is 0 Å². The lowest BCUT2D eigenvalue weighted by Gasteiger charge is -2.38. The molecule has 0 saturated heterocycles. The summed E-state index contributed by atoms with van der Waals surface area (Å²) in [5.74, 6) is 2.43. The third-order valence-corrected chi connectivity index (χ3v) is 11.5. The Morgan fingerprint density at radius 3 is 1.76 bits per heavy atom. The second kappa shape index (κ2) is 8.94. The summed E-state index contributed by atoms with van der Waals surface area (Å²) in [6.45, 7) is 13.1. The van der Waals surface area contributed by atoms with E-state index in [0.717, 1.165) is 5.56 Å². The van der Waals surface area contributed by atoms with Gasteiger partial charge in [0.2, 0.25) is 0 Å². The molecule has 0 nitrogen and oxygen atoms in total. The van der Waals surface area contributed by atoms with Gasteiger partial charge >= 0.3 is 6.18 Å². The molecule has 1 rings (SSSR count). The number of hydrogen-bond donors (Lipinski definition) is 0.